The van der Waals surface area contributed by atoms with Crippen LogP contribution in [0.3, 0.4) is 0 Å². The van der Waals surface area contributed by atoms with E-state index in [1.807, 2.05) is 29.2 Å². The van der Waals surface area contributed by atoms with Gasteiger partial charge in [0.05, 0.1) is 39.9 Å². The Morgan fingerprint density at radius 2 is 1.62 bits per heavy atom. The number of hydrogen-bond acceptors (Lipinski definition) is 7. The van der Waals surface area contributed by atoms with Gasteiger partial charge in [-0.3, -0.25) is 14.9 Å². The predicted octanol–water partition coefficient (Wildman–Crippen LogP) is 4.22. The SMILES string of the molecule is COc1ccc(N2CCN(C(=O)C34CCC(C)(c5nc6ccc([N+](=O)[O-])cc6nc53)C4(C)C)CC2)cc1. The Hall–Kier alpha value is -3.75. The van der Waals surface area contributed by atoms with Gasteiger partial charge in [0.25, 0.3) is 5.69 Å². The highest BCUT2D eigenvalue weighted by Gasteiger charge is 2.73. The average molecular weight is 502 g/mol. The monoisotopic (exact) mass is 501 g/mol. The molecule has 2 aromatic carbocycles. The quantitative estimate of drug-likeness (QED) is 0.390. The summed E-state index contributed by atoms with van der Waals surface area (Å²) in [5, 5.41) is 11.4. The Bertz CT molecular complexity index is 1430. The second-order valence-corrected chi connectivity index (χ2v) is 11.2. The van der Waals surface area contributed by atoms with Crippen molar-refractivity contribution in [2.75, 3.05) is 38.2 Å². The summed E-state index contributed by atoms with van der Waals surface area (Å²) in [4.78, 5) is 39.6. The van der Waals surface area contributed by atoms with Crippen LogP contribution in [-0.2, 0) is 15.6 Å². The van der Waals surface area contributed by atoms with E-state index in [1.54, 1.807) is 13.2 Å². The molecule has 3 aliphatic rings. The molecule has 1 saturated heterocycles. The molecule has 9 heteroatoms. The number of amides is 1. The van der Waals surface area contributed by atoms with E-state index < -0.39 is 15.8 Å². The Labute approximate surface area is 215 Å². The highest BCUT2D eigenvalue weighted by molar-refractivity contribution is 5.93. The van der Waals surface area contributed by atoms with Crippen molar-refractivity contribution in [2.45, 2.75) is 44.4 Å². The van der Waals surface area contributed by atoms with E-state index in [2.05, 4.69) is 25.7 Å². The van der Waals surface area contributed by atoms with Crippen LogP contribution in [0.4, 0.5) is 11.4 Å². The number of nitrogens with zero attached hydrogens (tertiary/aromatic N) is 5. The molecule has 1 aromatic heterocycles. The first kappa shape index (κ1) is 23.6. The summed E-state index contributed by atoms with van der Waals surface area (Å²) in [6, 6.07) is 12.6. The van der Waals surface area contributed by atoms with Gasteiger partial charge in [0.2, 0.25) is 5.91 Å². The minimum atomic E-state index is -0.800. The first-order valence-corrected chi connectivity index (χ1v) is 12.8. The number of nitro groups is 1. The van der Waals surface area contributed by atoms with Gasteiger partial charge >= 0.3 is 0 Å². The van der Waals surface area contributed by atoms with Gasteiger partial charge in [-0.15, -0.1) is 0 Å². The van der Waals surface area contributed by atoms with E-state index >= 15 is 0 Å². The predicted molar refractivity (Wildman–Crippen MR) is 140 cm³/mol. The number of carbonyl (C=O) groups is 1. The van der Waals surface area contributed by atoms with E-state index in [4.69, 9.17) is 14.7 Å². The minimum absolute atomic E-state index is 0.0228. The van der Waals surface area contributed by atoms with E-state index in [1.165, 1.54) is 12.1 Å². The number of anilines is 1. The largest absolute Gasteiger partial charge is 0.497 e. The second-order valence-electron chi connectivity index (χ2n) is 11.2. The van der Waals surface area contributed by atoms with E-state index in [9.17, 15) is 14.9 Å². The van der Waals surface area contributed by atoms with Crippen molar-refractivity contribution in [1.82, 2.24) is 14.9 Å². The van der Waals surface area contributed by atoms with Gasteiger partial charge in [0, 0.05) is 49.4 Å². The van der Waals surface area contributed by atoms with Gasteiger partial charge in [0.15, 0.2) is 0 Å². The van der Waals surface area contributed by atoms with Crippen LogP contribution in [-0.4, -0.2) is 59.0 Å². The molecule has 3 aromatic rings. The van der Waals surface area contributed by atoms with Gasteiger partial charge in [-0.25, -0.2) is 9.97 Å². The molecule has 2 aliphatic carbocycles. The molecule has 2 heterocycles. The first-order chi connectivity index (χ1) is 17.6. The molecule has 192 valence electrons. The number of hydrogen-bond donors (Lipinski definition) is 0. The van der Waals surface area contributed by atoms with Gasteiger partial charge in [-0.2, -0.15) is 0 Å². The van der Waals surface area contributed by atoms with Gasteiger partial charge in [-0.05, 0) is 48.6 Å². The number of nitro benzene ring substituents is 1. The molecule has 0 spiro atoms. The molecule has 37 heavy (non-hydrogen) atoms. The van der Waals surface area contributed by atoms with Crippen LogP contribution in [0.1, 0.15) is 45.0 Å². The molecule has 0 N–H and O–H groups in total. The van der Waals surface area contributed by atoms with Crippen molar-refractivity contribution >= 4 is 28.3 Å². The summed E-state index contributed by atoms with van der Waals surface area (Å²) in [6.07, 6.45) is 1.56. The summed E-state index contributed by atoms with van der Waals surface area (Å²) in [7, 11) is 1.66. The maximum absolute atomic E-state index is 14.5. The van der Waals surface area contributed by atoms with Crippen LogP contribution < -0.4 is 9.64 Å². The molecule has 1 amide bonds. The van der Waals surface area contributed by atoms with Crippen molar-refractivity contribution in [2.24, 2.45) is 5.41 Å². The third-order valence-corrected chi connectivity index (χ3v) is 9.60. The number of non-ortho nitro benzene ring substituents is 1. The van der Waals surface area contributed by atoms with Crippen molar-refractivity contribution in [1.29, 1.82) is 0 Å². The lowest BCUT2D eigenvalue weighted by atomic mass is 9.63. The number of aromatic nitrogens is 2. The molecule has 1 saturated carbocycles. The zero-order valence-electron chi connectivity index (χ0n) is 21.7. The molecule has 2 unspecified atom stereocenters. The Morgan fingerprint density at radius 1 is 0.946 bits per heavy atom. The summed E-state index contributed by atoms with van der Waals surface area (Å²) in [5.41, 5.74) is 2.28. The first-order valence-electron chi connectivity index (χ1n) is 12.8. The maximum Gasteiger partial charge on any atom is 0.271 e. The normalized spacial score (nSPS) is 25.8. The third-order valence-electron chi connectivity index (χ3n) is 9.60. The van der Waals surface area contributed by atoms with E-state index in [0.717, 1.165) is 36.6 Å². The van der Waals surface area contributed by atoms with Gasteiger partial charge in [0.1, 0.15) is 5.75 Å². The Balaban J connectivity index is 1.35. The lowest BCUT2D eigenvalue weighted by Crippen LogP contribution is -2.57. The fraction of sp³-hybridized carbons (Fsp3) is 0.464. The van der Waals surface area contributed by atoms with Crippen molar-refractivity contribution in [3.8, 4) is 5.75 Å². The fourth-order valence-corrected chi connectivity index (χ4v) is 6.91. The van der Waals surface area contributed by atoms with E-state index in [-0.39, 0.29) is 17.0 Å². The Kier molecular flexibility index (Phi) is 5.03. The van der Waals surface area contributed by atoms with Crippen molar-refractivity contribution < 1.29 is 14.5 Å². The van der Waals surface area contributed by atoms with Crippen LogP contribution in [0.2, 0.25) is 0 Å². The number of benzene rings is 2. The molecular weight excluding hydrogens is 470 g/mol. The Morgan fingerprint density at radius 3 is 2.27 bits per heavy atom. The lowest BCUT2D eigenvalue weighted by Gasteiger charge is -2.44. The molecule has 1 aliphatic heterocycles. The lowest BCUT2D eigenvalue weighted by molar-refractivity contribution is -0.384. The number of rotatable bonds is 4. The number of ether oxygens (including phenoxy) is 1. The molecule has 2 bridgehead atoms. The molecule has 0 radical (unpaired) electrons. The number of piperazine rings is 1. The maximum atomic E-state index is 14.5. The van der Waals surface area contributed by atoms with Crippen LogP contribution in [0.5, 0.6) is 5.75 Å². The van der Waals surface area contributed by atoms with Crippen LogP contribution in [0.15, 0.2) is 42.5 Å². The molecule has 6 rings (SSSR count). The van der Waals surface area contributed by atoms with Gasteiger partial charge < -0.3 is 14.5 Å². The van der Waals surface area contributed by atoms with Crippen molar-refractivity contribution in [3.63, 3.8) is 0 Å². The van der Waals surface area contributed by atoms with Gasteiger partial charge in [-0.1, -0.05) is 20.8 Å². The summed E-state index contributed by atoms with van der Waals surface area (Å²) in [5.74, 6) is 0.926. The summed E-state index contributed by atoms with van der Waals surface area (Å²) in [6.45, 7) is 9.27. The van der Waals surface area contributed by atoms with Crippen LogP contribution in [0.25, 0.3) is 11.0 Å². The average Bonchev–Trinajstić information content (AvgIpc) is 3.21. The zero-order chi connectivity index (χ0) is 26.2. The smallest absolute Gasteiger partial charge is 0.271 e. The number of fused-ring (bicyclic) bond motifs is 6. The summed E-state index contributed by atoms with van der Waals surface area (Å²) >= 11 is 0. The zero-order valence-corrected chi connectivity index (χ0v) is 21.7. The van der Waals surface area contributed by atoms with Crippen LogP contribution >= 0.6 is 0 Å². The van der Waals surface area contributed by atoms with Crippen LogP contribution in [0, 0.1) is 15.5 Å². The van der Waals surface area contributed by atoms with Crippen molar-refractivity contribution in [3.05, 3.63) is 64.0 Å². The number of carbonyl (C=O) groups excluding carboxylic acids is 1. The third kappa shape index (κ3) is 3.06. The highest BCUT2D eigenvalue weighted by Crippen LogP contribution is 2.70. The second kappa shape index (κ2) is 7.87. The molecule has 9 nitrogen and oxygen atoms in total. The molecule has 2 fully saturated rings. The summed E-state index contributed by atoms with van der Waals surface area (Å²) < 4.78 is 5.27. The molecular formula is C28H31N5O4. The van der Waals surface area contributed by atoms with E-state index in [0.29, 0.717) is 36.2 Å². The number of methoxy groups -OCH3 is 1. The minimum Gasteiger partial charge on any atom is -0.497 e. The highest BCUT2D eigenvalue weighted by atomic mass is 16.6. The fourth-order valence-electron chi connectivity index (χ4n) is 6.91. The molecule has 2 atom stereocenters. The topological polar surface area (TPSA) is 102 Å². The standard InChI is InChI=1S/C28H31N5O4/c1-26(2)27(3)11-12-28(26,24-23(27)29-21-10-7-19(33(35)36)17-22(21)30-24)25(34)32-15-13-31(14-16-32)18-5-8-20(37-4)9-6-18/h5-10,17H,11-16H2,1-4H3.